The number of nitrogens with zero attached hydrogens (tertiary/aromatic N) is 1. The summed E-state index contributed by atoms with van der Waals surface area (Å²) in [7, 11) is 1.62. The lowest BCUT2D eigenvalue weighted by molar-refractivity contribution is 0.124. The van der Waals surface area contributed by atoms with Crippen LogP contribution in [0.4, 0.5) is 0 Å². The van der Waals surface area contributed by atoms with Crippen molar-refractivity contribution in [1.29, 1.82) is 0 Å². The van der Waals surface area contributed by atoms with Gasteiger partial charge in [-0.3, -0.25) is 4.98 Å². The average molecular weight is 235 g/mol. The first-order chi connectivity index (χ1) is 8.31. The molecule has 2 rings (SSSR count). The Morgan fingerprint density at radius 2 is 2.18 bits per heavy atom. The monoisotopic (exact) mass is 235 g/mol. The fourth-order valence-corrected chi connectivity index (χ4v) is 2.68. The molecule has 0 spiro atoms. The highest BCUT2D eigenvalue weighted by Gasteiger charge is 2.21. The fraction of sp³-hybridized carbons (Fsp3) is 0.643. The number of ether oxygens (including phenoxy) is 1. The Morgan fingerprint density at radius 3 is 2.88 bits per heavy atom. The summed E-state index contributed by atoms with van der Waals surface area (Å²) in [6.45, 7) is 0. The fourth-order valence-electron chi connectivity index (χ4n) is 2.68. The van der Waals surface area contributed by atoms with Crippen LogP contribution in [-0.4, -0.2) is 17.2 Å². The van der Waals surface area contributed by atoms with E-state index in [1.54, 1.807) is 13.3 Å². The van der Waals surface area contributed by atoms with E-state index >= 15 is 0 Å². The van der Waals surface area contributed by atoms with Crippen molar-refractivity contribution in [2.45, 2.75) is 44.6 Å². The number of pyridine rings is 1. The minimum atomic E-state index is -0.491. The van der Waals surface area contributed by atoms with E-state index in [1.165, 1.54) is 32.1 Å². The molecule has 3 nitrogen and oxygen atoms in total. The average Bonchev–Trinajstić information content (AvgIpc) is 2.40. The van der Waals surface area contributed by atoms with E-state index in [0.717, 1.165) is 6.42 Å². The Bertz CT molecular complexity index is 348. The van der Waals surface area contributed by atoms with Gasteiger partial charge < -0.3 is 9.84 Å². The van der Waals surface area contributed by atoms with Crippen LogP contribution in [-0.2, 0) is 0 Å². The normalized spacial score (nSPS) is 18.9. The predicted molar refractivity (Wildman–Crippen MR) is 66.9 cm³/mol. The first-order valence-corrected chi connectivity index (χ1v) is 6.48. The van der Waals surface area contributed by atoms with Crippen molar-refractivity contribution < 1.29 is 9.84 Å². The van der Waals surface area contributed by atoms with Crippen LogP contribution in [0.1, 0.15) is 50.3 Å². The quantitative estimate of drug-likeness (QED) is 0.872. The summed E-state index contributed by atoms with van der Waals surface area (Å²) >= 11 is 0. The molecule has 1 aromatic heterocycles. The summed E-state index contributed by atoms with van der Waals surface area (Å²) in [6.07, 6.45) is 8.47. The molecule has 1 fully saturated rings. The molecule has 0 aromatic carbocycles. The van der Waals surface area contributed by atoms with Crippen LogP contribution in [0.5, 0.6) is 5.75 Å². The SMILES string of the molecule is COc1cccnc1C(O)CC1CCCCC1. The van der Waals surface area contributed by atoms with Gasteiger partial charge in [-0.1, -0.05) is 32.1 Å². The lowest BCUT2D eigenvalue weighted by Crippen LogP contribution is -2.12. The summed E-state index contributed by atoms with van der Waals surface area (Å²) in [6, 6.07) is 3.68. The van der Waals surface area contributed by atoms with E-state index in [1.807, 2.05) is 12.1 Å². The Kier molecular flexibility index (Phi) is 4.37. The molecule has 1 N–H and O–H groups in total. The van der Waals surface area contributed by atoms with Gasteiger partial charge in [0.2, 0.25) is 0 Å². The minimum Gasteiger partial charge on any atom is -0.495 e. The first-order valence-electron chi connectivity index (χ1n) is 6.48. The second kappa shape index (κ2) is 6.01. The maximum Gasteiger partial charge on any atom is 0.143 e. The molecule has 0 saturated heterocycles. The van der Waals surface area contributed by atoms with E-state index in [0.29, 0.717) is 17.4 Å². The maximum absolute atomic E-state index is 10.2. The smallest absolute Gasteiger partial charge is 0.143 e. The topological polar surface area (TPSA) is 42.4 Å². The molecule has 1 heterocycles. The summed E-state index contributed by atoms with van der Waals surface area (Å²) in [5, 5.41) is 10.2. The van der Waals surface area contributed by atoms with Crippen LogP contribution in [0.3, 0.4) is 0 Å². The molecule has 1 atom stereocenters. The number of aliphatic hydroxyl groups is 1. The van der Waals surface area contributed by atoms with Gasteiger partial charge >= 0.3 is 0 Å². The second-order valence-electron chi connectivity index (χ2n) is 4.85. The van der Waals surface area contributed by atoms with Crippen molar-refractivity contribution in [3.63, 3.8) is 0 Å². The zero-order valence-corrected chi connectivity index (χ0v) is 10.4. The molecule has 1 saturated carbocycles. The number of hydrogen-bond donors (Lipinski definition) is 1. The maximum atomic E-state index is 10.2. The van der Waals surface area contributed by atoms with E-state index in [9.17, 15) is 5.11 Å². The Balaban J connectivity index is 2.00. The van der Waals surface area contributed by atoms with Gasteiger partial charge in [-0.05, 0) is 24.5 Å². The first kappa shape index (κ1) is 12.4. The second-order valence-corrected chi connectivity index (χ2v) is 4.85. The van der Waals surface area contributed by atoms with Crippen LogP contribution in [0.2, 0.25) is 0 Å². The van der Waals surface area contributed by atoms with Crippen LogP contribution in [0, 0.1) is 5.92 Å². The highest BCUT2D eigenvalue weighted by atomic mass is 16.5. The number of hydrogen-bond acceptors (Lipinski definition) is 3. The molecule has 94 valence electrons. The molecule has 17 heavy (non-hydrogen) atoms. The molecule has 0 radical (unpaired) electrons. The molecule has 1 unspecified atom stereocenters. The highest BCUT2D eigenvalue weighted by molar-refractivity contribution is 5.28. The van der Waals surface area contributed by atoms with E-state index in [-0.39, 0.29) is 0 Å². The van der Waals surface area contributed by atoms with E-state index < -0.39 is 6.10 Å². The van der Waals surface area contributed by atoms with Crippen molar-refractivity contribution in [2.75, 3.05) is 7.11 Å². The lowest BCUT2D eigenvalue weighted by Gasteiger charge is -2.24. The largest absolute Gasteiger partial charge is 0.495 e. The zero-order valence-electron chi connectivity index (χ0n) is 10.4. The van der Waals surface area contributed by atoms with Crippen LogP contribution in [0.15, 0.2) is 18.3 Å². The number of rotatable bonds is 4. The summed E-state index contributed by atoms with van der Waals surface area (Å²) in [4.78, 5) is 4.24. The van der Waals surface area contributed by atoms with E-state index in [4.69, 9.17) is 4.74 Å². The van der Waals surface area contributed by atoms with Gasteiger partial charge in [0.05, 0.1) is 13.2 Å². The van der Waals surface area contributed by atoms with Crippen LogP contribution >= 0.6 is 0 Å². The third-order valence-corrected chi connectivity index (χ3v) is 3.62. The van der Waals surface area contributed by atoms with E-state index in [2.05, 4.69) is 4.98 Å². The molecule has 1 aliphatic rings. The van der Waals surface area contributed by atoms with Crippen molar-refractivity contribution in [1.82, 2.24) is 4.98 Å². The summed E-state index contributed by atoms with van der Waals surface area (Å²) in [5.74, 6) is 1.33. The van der Waals surface area contributed by atoms with Gasteiger partial charge in [0, 0.05) is 6.20 Å². The molecule has 0 aliphatic heterocycles. The molecule has 0 amide bonds. The zero-order chi connectivity index (χ0) is 12.1. The highest BCUT2D eigenvalue weighted by Crippen LogP contribution is 2.33. The Hall–Kier alpha value is -1.09. The summed E-state index contributed by atoms with van der Waals surface area (Å²) in [5.41, 5.74) is 0.681. The molecular weight excluding hydrogens is 214 g/mol. The van der Waals surface area contributed by atoms with Crippen molar-refractivity contribution >= 4 is 0 Å². The van der Waals surface area contributed by atoms with Gasteiger partial charge in [0.15, 0.2) is 0 Å². The molecular formula is C14H21NO2. The van der Waals surface area contributed by atoms with Gasteiger partial charge in [-0.2, -0.15) is 0 Å². The van der Waals surface area contributed by atoms with Crippen molar-refractivity contribution in [2.24, 2.45) is 5.92 Å². The minimum absolute atomic E-state index is 0.491. The third kappa shape index (κ3) is 3.19. The van der Waals surface area contributed by atoms with Crippen molar-refractivity contribution in [3.05, 3.63) is 24.0 Å². The predicted octanol–water partition coefficient (Wildman–Crippen LogP) is 3.09. The van der Waals surface area contributed by atoms with Gasteiger partial charge in [0.1, 0.15) is 11.4 Å². The molecule has 0 bridgehead atoms. The molecule has 1 aromatic rings. The summed E-state index contributed by atoms with van der Waals surface area (Å²) < 4.78 is 5.23. The van der Waals surface area contributed by atoms with Crippen molar-refractivity contribution in [3.8, 4) is 5.75 Å². The molecule has 1 aliphatic carbocycles. The number of aliphatic hydroxyl groups excluding tert-OH is 1. The van der Waals surface area contributed by atoms with Gasteiger partial charge in [-0.15, -0.1) is 0 Å². The Labute approximate surface area is 103 Å². The Morgan fingerprint density at radius 1 is 1.41 bits per heavy atom. The van der Waals surface area contributed by atoms with Gasteiger partial charge in [0.25, 0.3) is 0 Å². The number of methoxy groups -OCH3 is 1. The van der Waals surface area contributed by atoms with Crippen LogP contribution < -0.4 is 4.74 Å². The van der Waals surface area contributed by atoms with Gasteiger partial charge in [-0.25, -0.2) is 0 Å². The molecule has 3 heteroatoms. The standard InChI is InChI=1S/C14H21NO2/c1-17-13-8-5-9-15-14(13)12(16)10-11-6-3-2-4-7-11/h5,8-9,11-12,16H,2-4,6-7,10H2,1H3. The third-order valence-electron chi connectivity index (χ3n) is 3.62. The number of aromatic nitrogens is 1. The lowest BCUT2D eigenvalue weighted by atomic mass is 9.85. The van der Waals surface area contributed by atoms with Crippen LogP contribution in [0.25, 0.3) is 0 Å².